The first-order valence-electron chi connectivity index (χ1n) is 7.07. The fourth-order valence-corrected chi connectivity index (χ4v) is 3.77. The minimum atomic E-state index is -0.929. The van der Waals surface area contributed by atoms with Gasteiger partial charge in [0, 0.05) is 10.0 Å². The van der Waals surface area contributed by atoms with Gasteiger partial charge in [-0.3, -0.25) is 4.79 Å². The van der Waals surface area contributed by atoms with Crippen LogP contribution in [0.1, 0.15) is 62.1 Å². The third kappa shape index (κ3) is 2.24. The highest BCUT2D eigenvalue weighted by molar-refractivity contribution is 9.10. The second-order valence-corrected chi connectivity index (χ2v) is 6.90. The molecule has 1 aliphatic carbocycles. The molecule has 20 heavy (non-hydrogen) atoms. The molecule has 0 amide bonds. The van der Waals surface area contributed by atoms with E-state index in [1.807, 2.05) is 26.8 Å². The fourth-order valence-electron chi connectivity index (χ4n) is 3.33. The van der Waals surface area contributed by atoms with E-state index in [2.05, 4.69) is 15.9 Å². The second kappa shape index (κ2) is 5.40. The number of rotatable bonds is 3. The lowest BCUT2D eigenvalue weighted by Crippen LogP contribution is -2.33. The normalized spacial score (nSPS) is 17.6. The lowest BCUT2D eigenvalue weighted by atomic mass is 9.75. The van der Waals surface area contributed by atoms with Crippen molar-refractivity contribution in [1.29, 1.82) is 0 Å². The van der Waals surface area contributed by atoms with Gasteiger partial charge in [0.05, 0.1) is 5.41 Å². The molecule has 0 unspecified atom stereocenters. The van der Waals surface area contributed by atoms with E-state index in [-0.39, 0.29) is 11.7 Å². The molecular formula is C16H21BrO3. The van der Waals surface area contributed by atoms with Crippen molar-refractivity contribution in [3.05, 3.63) is 27.2 Å². The molecule has 0 heterocycles. The van der Waals surface area contributed by atoms with E-state index in [1.54, 1.807) is 0 Å². The van der Waals surface area contributed by atoms with Crippen molar-refractivity contribution in [2.45, 2.75) is 57.8 Å². The molecule has 1 aliphatic rings. The van der Waals surface area contributed by atoms with Gasteiger partial charge in [-0.2, -0.15) is 0 Å². The summed E-state index contributed by atoms with van der Waals surface area (Å²) in [4.78, 5) is 11.9. The van der Waals surface area contributed by atoms with Gasteiger partial charge >= 0.3 is 5.97 Å². The minimum absolute atomic E-state index is 0.151. The number of carboxylic acid groups (broad SMARTS) is 1. The summed E-state index contributed by atoms with van der Waals surface area (Å²) in [5.74, 6) is -0.496. The molecule has 1 saturated carbocycles. The van der Waals surface area contributed by atoms with Gasteiger partial charge in [0.2, 0.25) is 0 Å². The van der Waals surface area contributed by atoms with Crippen molar-refractivity contribution in [2.75, 3.05) is 0 Å². The van der Waals surface area contributed by atoms with Crippen molar-refractivity contribution in [1.82, 2.24) is 0 Å². The van der Waals surface area contributed by atoms with E-state index in [4.69, 9.17) is 0 Å². The molecule has 1 fully saturated rings. The van der Waals surface area contributed by atoms with Gasteiger partial charge in [-0.25, -0.2) is 0 Å². The standard InChI is InChI=1S/C16H21BrO3/c1-9(2)11-8-12(17)10(3)13(14(11)18)16(15(19)20)6-4-5-7-16/h8-9,18H,4-7H2,1-3H3,(H,19,20). The highest BCUT2D eigenvalue weighted by Gasteiger charge is 2.46. The highest BCUT2D eigenvalue weighted by Crippen LogP contribution is 2.49. The third-order valence-electron chi connectivity index (χ3n) is 4.49. The summed E-state index contributed by atoms with van der Waals surface area (Å²) < 4.78 is 0.876. The molecule has 0 aliphatic heterocycles. The summed E-state index contributed by atoms with van der Waals surface area (Å²) in [6.07, 6.45) is 3.00. The zero-order chi connectivity index (χ0) is 15.1. The number of aromatic hydroxyl groups is 1. The van der Waals surface area contributed by atoms with Crippen molar-refractivity contribution in [3.8, 4) is 5.75 Å². The summed E-state index contributed by atoms with van der Waals surface area (Å²) in [5, 5.41) is 20.4. The molecule has 2 rings (SSSR count). The van der Waals surface area contributed by atoms with E-state index in [0.29, 0.717) is 18.4 Å². The molecular weight excluding hydrogens is 320 g/mol. The molecule has 2 N–H and O–H groups in total. The maximum atomic E-state index is 11.9. The van der Waals surface area contributed by atoms with Crippen LogP contribution < -0.4 is 0 Å². The van der Waals surface area contributed by atoms with Gasteiger partial charge in [0.15, 0.2) is 0 Å². The van der Waals surface area contributed by atoms with Gasteiger partial charge in [0.25, 0.3) is 0 Å². The van der Waals surface area contributed by atoms with Crippen LogP contribution in [0.4, 0.5) is 0 Å². The van der Waals surface area contributed by atoms with E-state index >= 15 is 0 Å². The predicted molar refractivity (Wildman–Crippen MR) is 82.4 cm³/mol. The molecule has 0 saturated heterocycles. The summed E-state index contributed by atoms with van der Waals surface area (Å²) in [5.41, 5.74) is 1.34. The number of hydrogen-bond donors (Lipinski definition) is 2. The van der Waals surface area contributed by atoms with E-state index < -0.39 is 11.4 Å². The lowest BCUT2D eigenvalue weighted by Gasteiger charge is -2.29. The van der Waals surface area contributed by atoms with Crippen molar-refractivity contribution in [3.63, 3.8) is 0 Å². The number of carbonyl (C=O) groups is 1. The predicted octanol–water partition coefficient (Wildman–Crippen LogP) is 4.48. The van der Waals surface area contributed by atoms with Gasteiger partial charge in [-0.1, -0.05) is 42.6 Å². The highest BCUT2D eigenvalue weighted by atomic mass is 79.9. The molecule has 110 valence electrons. The second-order valence-electron chi connectivity index (χ2n) is 6.05. The SMILES string of the molecule is Cc1c(Br)cc(C(C)C)c(O)c1C1(C(=O)O)CCCC1. The van der Waals surface area contributed by atoms with Crippen molar-refractivity contribution in [2.24, 2.45) is 0 Å². The van der Waals surface area contributed by atoms with Crippen LogP contribution >= 0.6 is 15.9 Å². The van der Waals surface area contributed by atoms with Gasteiger partial charge in [0.1, 0.15) is 5.75 Å². The van der Waals surface area contributed by atoms with Crippen LogP contribution in [0, 0.1) is 6.92 Å². The number of halogens is 1. The number of phenolic OH excluding ortho intramolecular Hbond substituents is 1. The Bertz CT molecular complexity index is 543. The number of hydrogen-bond acceptors (Lipinski definition) is 2. The average Bonchev–Trinajstić information content (AvgIpc) is 2.84. The molecule has 1 aromatic carbocycles. The number of carboxylic acids is 1. The molecule has 1 aromatic rings. The van der Waals surface area contributed by atoms with Crippen LogP contribution in [0.5, 0.6) is 5.75 Å². The quantitative estimate of drug-likeness (QED) is 0.852. The monoisotopic (exact) mass is 340 g/mol. The Morgan fingerprint density at radius 3 is 2.35 bits per heavy atom. The molecule has 4 heteroatoms. The molecule has 0 spiro atoms. The molecule has 0 radical (unpaired) electrons. The summed E-state index contributed by atoms with van der Waals surface area (Å²) in [6.45, 7) is 5.89. The summed E-state index contributed by atoms with van der Waals surface area (Å²) >= 11 is 3.52. The van der Waals surface area contributed by atoms with Crippen molar-refractivity contribution < 1.29 is 15.0 Å². The van der Waals surface area contributed by atoms with Crippen LogP contribution in [0.2, 0.25) is 0 Å². The van der Waals surface area contributed by atoms with Crippen LogP contribution in [0.25, 0.3) is 0 Å². The topological polar surface area (TPSA) is 57.5 Å². The first kappa shape index (κ1) is 15.4. The average molecular weight is 341 g/mol. The van der Waals surface area contributed by atoms with E-state index in [0.717, 1.165) is 28.4 Å². The Kier molecular flexibility index (Phi) is 4.14. The first-order chi connectivity index (χ1) is 9.31. The molecule has 0 aromatic heterocycles. The number of aliphatic carboxylic acids is 1. The third-order valence-corrected chi connectivity index (χ3v) is 5.32. The molecule has 0 bridgehead atoms. The number of phenols is 1. The van der Waals surface area contributed by atoms with E-state index in [1.165, 1.54) is 0 Å². The Hall–Kier alpha value is -1.03. The Morgan fingerprint density at radius 1 is 1.35 bits per heavy atom. The van der Waals surface area contributed by atoms with Gasteiger partial charge in [-0.05, 0) is 42.9 Å². The zero-order valence-corrected chi connectivity index (χ0v) is 13.7. The van der Waals surface area contributed by atoms with Crippen LogP contribution in [-0.4, -0.2) is 16.2 Å². The molecule has 3 nitrogen and oxygen atoms in total. The summed E-state index contributed by atoms with van der Waals surface area (Å²) in [7, 11) is 0. The zero-order valence-electron chi connectivity index (χ0n) is 12.2. The Morgan fingerprint density at radius 2 is 1.90 bits per heavy atom. The van der Waals surface area contributed by atoms with Crippen LogP contribution in [0.3, 0.4) is 0 Å². The maximum absolute atomic E-state index is 11.9. The van der Waals surface area contributed by atoms with E-state index in [9.17, 15) is 15.0 Å². The lowest BCUT2D eigenvalue weighted by molar-refractivity contribution is -0.143. The smallest absolute Gasteiger partial charge is 0.314 e. The van der Waals surface area contributed by atoms with Gasteiger partial charge in [-0.15, -0.1) is 0 Å². The van der Waals surface area contributed by atoms with Crippen LogP contribution in [-0.2, 0) is 10.2 Å². The Labute approximate surface area is 128 Å². The fraction of sp³-hybridized carbons (Fsp3) is 0.562. The molecule has 0 atom stereocenters. The largest absolute Gasteiger partial charge is 0.507 e. The van der Waals surface area contributed by atoms with Crippen LogP contribution in [0.15, 0.2) is 10.5 Å². The minimum Gasteiger partial charge on any atom is -0.507 e. The summed E-state index contributed by atoms with van der Waals surface area (Å²) in [6, 6.07) is 1.91. The maximum Gasteiger partial charge on any atom is 0.314 e. The first-order valence-corrected chi connectivity index (χ1v) is 7.86. The number of benzene rings is 1. The van der Waals surface area contributed by atoms with Gasteiger partial charge < -0.3 is 10.2 Å². The van der Waals surface area contributed by atoms with Crippen molar-refractivity contribution >= 4 is 21.9 Å². The Balaban J connectivity index is 2.75.